The number of carbonyl (C=O) groups excluding carboxylic acids is 3. The van der Waals surface area contributed by atoms with Gasteiger partial charge in [0, 0.05) is 113 Å². The van der Waals surface area contributed by atoms with Crippen LogP contribution in [0.1, 0.15) is 160 Å². The number of nitrogens with zero attached hydrogens (tertiary/aromatic N) is 9. The highest BCUT2D eigenvalue weighted by Gasteiger charge is 2.25. The number of hydrogen-bond acceptors (Lipinski definition) is 20. The third-order valence-corrected chi connectivity index (χ3v) is 23.1. The number of benzene rings is 6. The van der Waals surface area contributed by atoms with E-state index in [1.165, 1.54) is 11.6 Å². The zero-order chi connectivity index (χ0) is 86.5. The van der Waals surface area contributed by atoms with Crippen molar-refractivity contribution in [1.29, 1.82) is 0 Å². The normalized spacial score (nSPS) is 11.6. The highest BCUT2D eigenvalue weighted by Crippen LogP contribution is 2.41. The summed E-state index contributed by atoms with van der Waals surface area (Å²) < 4.78 is 41.5. The van der Waals surface area contributed by atoms with Gasteiger partial charge in [0.05, 0.1) is 52.9 Å². The van der Waals surface area contributed by atoms with Gasteiger partial charge in [0.25, 0.3) is 0 Å². The van der Waals surface area contributed by atoms with E-state index in [0.717, 1.165) is 216 Å². The SMILES string of the molecule is CCCCc1nc2c(N)nc3ccc(CCCOCCCNC(=O)CI)cc3c2n1Cc1ccc(O)c(C)c1.CCCCc1nc2c(N)nc3ccc(CCCOCCCNC(=O)CI)cc3c2n1Cc1ccc(OP(=O)(O)O)c(C)c1.CCCCc1nc2c(N)nc3ccc(CCCOCCCNC(=O)CI)cc3c2n1Cc1cccc(O)c1O. The number of nitrogens with one attached hydrogen (secondary N) is 3. The quantitative estimate of drug-likeness (QED) is 0.00555. The number of carbonyl (C=O) groups is 3. The van der Waals surface area contributed by atoms with Gasteiger partial charge >= 0.3 is 7.82 Å². The van der Waals surface area contributed by atoms with E-state index in [1.54, 1.807) is 31.2 Å². The summed E-state index contributed by atoms with van der Waals surface area (Å²) in [5.41, 5.74) is 34.2. The van der Waals surface area contributed by atoms with Crippen LogP contribution in [0.2, 0.25) is 0 Å². The molecule has 0 saturated heterocycles. The van der Waals surface area contributed by atoms with Gasteiger partial charge in [-0.15, -0.1) is 0 Å². The van der Waals surface area contributed by atoms with Crippen molar-refractivity contribution in [2.24, 2.45) is 0 Å². The number of amides is 3. The Morgan fingerprint density at radius 1 is 0.421 bits per heavy atom. The molecule has 12 rings (SSSR count). The number of ether oxygens (including phenoxy) is 3. The Morgan fingerprint density at radius 3 is 1.13 bits per heavy atom. The van der Waals surface area contributed by atoms with E-state index in [1.807, 2.05) is 94.6 Å². The van der Waals surface area contributed by atoms with Crippen molar-refractivity contribution in [3.63, 3.8) is 0 Å². The van der Waals surface area contributed by atoms with Crippen LogP contribution in [0.15, 0.2) is 109 Å². The molecular formula is C89H113I3N15O13P. The molecule has 14 N–H and O–H groups in total. The molecule has 0 fully saturated rings. The molecule has 0 aliphatic rings. The Kier molecular flexibility index (Phi) is 36.8. The maximum atomic E-state index is 11.4. The maximum absolute atomic E-state index is 11.4. The number of unbranched alkanes of at least 4 members (excludes halogenated alkanes) is 3. The predicted octanol–water partition coefficient (Wildman–Crippen LogP) is 15.5. The summed E-state index contributed by atoms with van der Waals surface area (Å²) >= 11 is 6.15. The number of fused-ring (bicyclic) bond motifs is 9. The molecule has 0 bridgehead atoms. The van der Waals surface area contributed by atoms with Crippen molar-refractivity contribution in [2.45, 2.75) is 170 Å². The molecule has 32 heteroatoms. The summed E-state index contributed by atoms with van der Waals surface area (Å²) in [6.45, 7) is 17.3. The molecule has 6 aromatic carbocycles. The second-order valence-electron chi connectivity index (χ2n) is 30.0. The number of hydrogen-bond donors (Lipinski definition) is 11. The lowest BCUT2D eigenvalue weighted by Crippen LogP contribution is -2.25. The summed E-state index contributed by atoms with van der Waals surface area (Å²) in [5, 5.41) is 42.2. The molecule has 0 atom stereocenters. The number of aryl methyl sites for hydroxylation is 8. The van der Waals surface area contributed by atoms with Gasteiger partial charge < -0.3 is 80.9 Å². The first-order valence-corrected chi connectivity index (χ1v) is 47.6. The maximum Gasteiger partial charge on any atom is 0.524 e. The monoisotopic (exact) mass is 2010 g/mol. The van der Waals surface area contributed by atoms with E-state index >= 15 is 0 Å². The summed E-state index contributed by atoms with van der Waals surface area (Å²) in [6, 6.07) is 34.8. The number of rotatable bonds is 44. The Bertz CT molecular complexity index is 5570. The number of phosphoric ester groups is 1. The Balaban J connectivity index is 0.000000191. The Morgan fingerprint density at radius 2 is 0.777 bits per heavy atom. The predicted molar refractivity (Wildman–Crippen MR) is 505 cm³/mol. The van der Waals surface area contributed by atoms with E-state index in [-0.39, 0.29) is 35.0 Å². The fourth-order valence-electron chi connectivity index (χ4n) is 14.5. The van der Waals surface area contributed by atoms with Gasteiger partial charge in [-0.3, -0.25) is 24.2 Å². The van der Waals surface area contributed by atoms with Crippen LogP contribution in [0.3, 0.4) is 0 Å². The van der Waals surface area contributed by atoms with Gasteiger partial charge in [-0.25, -0.2) is 34.5 Å². The van der Waals surface area contributed by atoms with E-state index in [0.29, 0.717) is 138 Å². The lowest BCUT2D eigenvalue weighted by atomic mass is 10.1. The van der Waals surface area contributed by atoms with Crippen LogP contribution in [-0.4, -0.2) is 159 Å². The number of nitrogen functional groups attached to an aromatic ring is 3. The molecule has 0 saturated carbocycles. The van der Waals surface area contributed by atoms with Crippen LogP contribution in [-0.2, 0) is 91.3 Å². The molecule has 0 unspecified atom stereocenters. The summed E-state index contributed by atoms with van der Waals surface area (Å²) in [7, 11) is -4.66. The molecule has 3 amide bonds. The number of phenolic OH excluding ortho intramolecular Hbond substituents is 3. The second kappa shape index (κ2) is 47.2. The van der Waals surface area contributed by atoms with Crippen LogP contribution >= 0.6 is 75.6 Å². The minimum atomic E-state index is -4.66. The fraction of sp³-hybridized carbons (Fsp3) is 0.427. The number of anilines is 3. The van der Waals surface area contributed by atoms with Crippen molar-refractivity contribution in [1.82, 2.24) is 59.6 Å². The number of halogens is 3. The molecule has 0 radical (unpaired) electrons. The van der Waals surface area contributed by atoms with Gasteiger partial charge in [-0.05, 0) is 184 Å². The van der Waals surface area contributed by atoms with Crippen LogP contribution in [0, 0.1) is 13.8 Å². The second-order valence-corrected chi connectivity index (χ2v) is 33.5. The van der Waals surface area contributed by atoms with Gasteiger partial charge in [-0.1, -0.05) is 162 Å². The zero-order valence-corrected chi connectivity index (χ0v) is 76.9. The van der Waals surface area contributed by atoms with E-state index in [9.17, 15) is 44.1 Å². The van der Waals surface area contributed by atoms with Crippen molar-refractivity contribution in [2.75, 3.05) is 89.8 Å². The number of aromatic nitrogens is 9. The molecule has 6 heterocycles. The number of aromatic hydroxyl groups is 3. The first-order chi connectivity index (χ1) is 58.4. The first kappa shape index (κ1) is 94.4. The minimum absolute atomic E-state index is 0.0434. The molecule has 6 aromatic heterocycles. The summed E-state index contributed by atoms with van der Waals surface area (Å²) in [5.74, 6) is 4.35. The van der Waals surface area contributed by atoms with Crippen molar-refractivity contribution < 1.29 is 62.8 Å². The number of pyridine rings is 3. The third-order valence-electron chi connectivity index (χ3n) is 20.6. The standard InChI is InChI=1S/C30H39IN5O6P.C30H38IN5O3.C29H36IN5O4/c1-3-4-8-26-35-28-29(36(26)19-22-10-12-25(20(2)16-22)42-43(38,39)40)23-17-21(9-11-24(23)34-30(28)32)7-5-14-41-15-6-13-33-27(37)18-31;1-3-4-8-26-35-28-29(36(26)19-22-10-12-25(37)20(2)16-22)23-17-21(9-11-24(23)34-30(28)32)7-5-14-39-15-6-13-33-27(38)18-31;1-2-3-10-24-34-26-27(35(24)18-20-8-4-9-23(36)28(20)38)21-16-19(11-12-22(21)33-29(26)31)7-5-14-39-15-6-13-32-25(37)17-30/h9-12,16-17H,3-8,13-15,18-19H2,1-2H3,(H2,32,34)(H,33,37)(H2,38,39,40);9-12,16-17,37H,3-8,13-15,18-19H2,1-2H3,(H2,32,34)(H,33,38);4,8-9,11-12,16,36,38H,2-3,5-7,10,13-15,17-18H2,1H3,(H2,31,33)(H,32,37). The van der Waals surface area contributed by atoms with Crippen molar-refractivity contribution >= 4 is 177 Å². The van der Waals surface area contributed by atoms with E-state index in [2.05, 4.69) is 124 Å². The topological polar surface area (TPSA) is 413 Å². The van der Waals surface area contributed by atoms with E-state index < -0.39 is 7.82 Å². The van der Waals surface area contributed by atoms with Crippen LogP contribution < -0.4 is 37.7 Å². The molecule has 12 aromatic rings. The number of para-hydroxylation sites is 1. The Hall–Kier alpha value is -8.81. The summed E-state index contributed by atoms with van der Waals surface area (Å²) in [6.07, 6.45) is 16.1. The number of alkyl halides is 3. The van der Waals surface area contributed by atoms with Crippen LogP contribution in [0.5, 0.6) is 23.0 Å². The first-order valence-electron chi connectivity index (χ1n) is 41.5. The van der Waals surface area contributed by atoms with Crippen molar-refractivity contribution in [3.05, 3.63) is 171 Å². The minimum Gasteiger partial charge on any atom is -0.508 e. The van der Waals surface area contributed by atoms with E-state index in [4.69, 9.17) is 50.9 Å². The molecular weight excluding hydrogens is 1900 g/mol. The molecule has 0 aliphatic carbocycles. The number of imidazole rings is 3. The molecule has 0 aliphatic heterocycles. The number of phenols is 3. The van der Waals surface area contributed by atoms with Gasteiger partial charge in [0.2, 0.25) is 17.7 Å². The van der Waals surface area contributed by atoms with Gasteiger partial charge in [0.1, 0.15) is 45.5 Å². The van der Waals surface area contributed by atoms with Crippen LogP contribution in [0.4, 0.5) is 17.5 Å². The Labute approximate surface area is 746 Å². The zero-order valence-electron chi connectivity index (χ0n) is 69.6. The number of phosphoric acid groups is 1. The highest BCUT2D eigenvalue weighted by molar-refractivity contribution is 14.1. The largest absolute Gasteiger partial charge is 0.524 e. The fourth-order valence-corrected chi connectivity index (χ4v) is 15.7. The third kappa shape index (κ3) is 26.9. The van der Waals surface area contributed by atoms with Gasteiger partial charge in [0.15, 0.2) is 29.0 Å². The number of nitrogens with two attached hydrogens (primary N) is 3. The molecule has 121 heavy (non-hydrogen) atoms. The molecule has 0 spiro atoms. The molecule has 28 nitrogen and oxygen atoms in total. The average Bonchev–Trinajstić information content (AvgIpc) is 1.62. The summed E-state index contributed by atoms with van der Waals surface area (Å²) in [4.78, 5) is 81.2. The lowest BCUT2D eigenvalue weighted by molar-refractivity contribution is -0.119. The average molecular weight is 2010 g/mol. The lowest BCUT2D eigenvalue weighted by Gasteiger charge is -2.14. The highest BCUT2D eigenvalue weighted by atomic mass is 127. The van der Waals surface area contributed by atoms with Crippen LogP contribution in [0.25, 0.3) is 65.8 Å². The van der Waals surface area contributed by atoms with Gasteiger partial charge in [-0.2, -0.15) is 0 Å². The van der Waals surface area contributed by atoms with Crippen molar-refractivity contribution in [3.8, 4) is 23.0 Å². The smallest absolute Gasteiger partial charge is 0.508 e. The molecule has 648 valence electrons.